The van der Waals surface area contributed by atoms with E-state index in [1.165, 1.54) is 44.4 Å². The molecule has 0 bridgehead atoms. The molecule has 9 nitrogen and oxygen atoms in total. The summed E-state index contributed by atoms with van der Waals surface area (Å²) in [4.78, 5) is 53.6. The summed E-state index contributed by atoms with van der Waals surface area (Å²) in [7, 11) is 0. The molecule has 0 aromatic heterocycles. The van der Waals surface area contributed by atoms with Crippen molar-refractivity contribution in [2.45, 2.75) is 90.9 Å². The number of nitrogens with one attached hydrogen (secondary N) is 2. The summed E-state index contributed by atoms with van der Waals surface area (Å²) in [6, 6.07) is 10.9. The van der Waals surface area contributed by atoms with E-state index >= 15 is 0 Å². The van der Waals surface area contributed by atoms with Gasteiger partial charge in [0, 0.05) is 41.8 Å². The Morgan fingerprint density at radius 2 is 1.17 bits per heavy atom. The number of benzene rings is 2. The van der Waals surface area contributed by atoms with Gasteiger partial charge in [0.05, 0.1) is 0 Å². The Labute approximate surface area is 271 Å². The maximum Gasteiger partial charge on any atom is 1.00 e. The standard InChI is InChI=1S/C32H44N2O7.Na/c1-3-4-5-6-9-12-20-34-32(38)28-21-27(22-29(23-28)40-41-39)30(36)14-11-8-7-10-13-19-33-31(37)26-17-15-25(16-18-26)24(2)35;/h15-18,21-23,39H,3-14,19-20H2,1-2H3,(H,33,37)(H,34,38);/q;+1/p-1. The third-order valence-corrected chi connectivity index (χ3v) is 6.86. The zero-order valence-corrected chi connectivity index (χ0v) is 27.3. The molecule has 0 unspecified atom stereocenters. The number of amides is 2. The first-order chi connectivity index (χ1) is 19.8. The van der Waals surface area contributed by atoms with Gasteiger partial charge in [-0.15, -0.1) is 0 Å². The minimum absolute atomic E-state index is 0. The molecule has 0 radical (unpaired) electrons. The van der Waals surface area contributed by atoms with Crippen molar-refractivity contribution in [2.24, 2.45) is 0 Å². The number of rotatable bonds is 21. The number of ketones is 2. The number of Topliss-reactive ketones (excluding diaryl/α,β-unsaturated/α-hetero) is 2. The Hall–Kier alpha value is -2.56. The van der Waals surface area contributed by atoms with Gasteiger partial charge >= 0.3 is 29.6 Å². The van der Waals surface area contributed by atoms with Gasteiger partial charge < -0.3 is 20.8 Å². The fraction of sp³-hybridized carbons (Fsp3) is 0.500. The predicted molar refractivity (Wildman–Crippen MR) is 155 cm³/mol. The van der Waals surface area contributed by atoms with Gasteiger partial charge in [-0.1, -0.05) is 70.4 Å². The van der Waals surface area contributed by atoms with Crippen molar-refractivity contribution in [3.8, 4) is 5.75 Å². The molecule has 2 aromatic carbocycles. The SMILES string of the molecule is CCCCCCCCNC(=O)c1cc(OO[O-])cc(C(=O)CCCCCCCNC(=O)c2ccc(C(C)=O)cc2)c1.[Na+]. The van der Waals surface area contributed by atoms with Crippen LogP contribution in [0.15, 0.2) is 42.5 Å². The van der Waals surface area contributed by atoms with Crippen molar-refractivity contribution < 1.29 is 63.9 Å². The van der Waals surface area contributed by atoms with Crippen LogP contribution in [-0.4, -0.2) is 36.5 Å². The number of carbonyl (C=O) groups is 4. The summed E-state index contributed by atoms with van der Waals surface area (Å²) in [5.74, 6) is -0.679. The number of carbonyl (C=O) groups excluding carboxylic acids is 4. The first-order valence-corrected chi connectivity index (χ1v) is 14.7. The molecule has 2 aromatic rings. The second kappa shape index (κ2) is 22.0. The molecular formula is C32H43N2NaO7. The number of hydrogen-bond donors (Lipinski definition) is 2. The van der Waals surface area contributed by atoms with Crippen LogP contribution in [0.25, 0.3) is 0 Å². The Bertz CT molecular complexity index is 1120. The Balaban J connectivity index is 0.00000882. The van der Waals surface area contributed by atoms with Gasteiger partial charge in [0.1, 0.15) is 0 Å². The van der Waals surface area contributed by atoms with Crippen LogP contribution in [0.2, 0.25) is 0 Å². The van der Waals surface area contributed by atoms with Crippen LogP contribution >= 0.6 is 0 Å². The number of unbranched alkanes of at least 4 members (excludes halogenated alkanes) is 9. The van der Waals surface area contributed by atoms with Gasteiger partial charge in [-0.25, -0.2) is 5.04 Å². The quantitative estimate of drug-likeness (QED) is 0.0750. The molecule has 42 heavy (non-hydrogen) atoms. The summed E-state index contributed by atoms with van der Waals surface area (Å²) in [5, 5.41) is 19.8. The zero-order chi connectivity index (χ0) is 29.9. The summed E-state index contributed by atoms with van der Waals surface area (Å²) < 4.78 is 0. The average molecular weight is 591 g/mol. The molecule has 0 saturated heterocycles. The molecular weight excluding hydrogens is 547 g/mol. The van der Waals surface area contributed by atoms with Crippen molar-refractivity contribution in [3.63, 3.8) is 0 Å². The molecule has 0 aliphatic carbocycles. The monoisotopic (exact) mass is 590 g/mol. The van der Waals surface area contributed by atoms with Crippen molar-refractivity contribution in [1.29, 1.82) is 0 Å². The Kier molecular flexibility index (Phi) is 19.7. The molecule has 2 amide bonds. The molecule has 0 spiro atoms. The minimum Gasteiger partial charge on any atom is -0.682 e. The molecule has 0 heterocycles. The Morgan fingerprint density at radius 1 is 0.667 bits per heavy atom. The van der Waals surface area contributed by atoms with Gasteiger partial charge in [-0.3, -0.25) is 19.2 Å². The van der Waals surface area contributed by atoms with Gasteiger partial charge in [0.25, 0.3) is 11.8 Å². The third kappa shape index (κ3) is 14.6. The fourth-order valence-electron chi connectivity index (χ4n) is 4.43. The first-order valence-electron chi connectivity index (χ1n) is 14.7. The van der Waals surface area contributed by atoms with Gasteiger partial charge in [0.15, 0.2) is 17.3 Å². The van der Waals surface area contributed by atoms with Crippen molar-refractivity contribution in [1.82, 2.24) is 10.6 Å². The van der Waals surface area contributed by atoms with Crippen LogP contribution in [0.4, 0.5) is 0 Å². The van der Waals surface area contributed by atoms with Crippen LogP contribution in [0.1, 0.15) is 132 Å². The van der Waals surface area contributed by atoms with Crippen molar-refractivity contribution in [2.75, 3.05) is 13.1 Å². The first kappa shape index (κ1) is 37.5. The van der Waals surface area contributed by atoms with E-state index in [1.807, 2.05) is 0 Å². The van der Waals surface area contributed by atoms with E-state index in [9.17, 15) is 24.4 Å². The van der Waals surface area contributed by atoms with E-state index < -0.39 is 0 Å². The molecule has 224 valence electrons. The maximum atomic E-state index is 12.8. The molecule has 0 atom stereocenters. The molecule has 0 saturated carbocycles. The number of hydrogen-bond acceptors (Lipinski definition) is 7. The van der Waals surface area contributed by atoms with Crippen LogP contribution in [0, 0.1) is 0 Å². The molecule has 0 aliphatic heterocycles. The summed E-state index contributed by atoms with van der Waals surface area (Å²) >= 11 is 0. The maximum absolute atomic E-state index is 12.8. The van der Waals surface area contributed by atoms with E-state index in [-0.39, 0.29) is 64.3 Å². The second-order valence-electron chi connectivity index (χ2n) is 10.3. The molecule has 2 rings (SSSR count). The van der Waals surface area contributed by atoms with Crippen LogP contribution in [0.5, 0.6) is 5.75 Å². The second-order valence-corrected chi connectivity index (χ2v) is 10.3. The molecule has 10 heteroatoms. The van der Waals surface area contributed by atoms with Gasteiger partial charge in [-0.05, 0) is 56.5 Å². The molecule has 0 aliphatic rings. The summed E-state index contributed by atoms with van der Waals surface area (Å²) in [6.07, 6.45) is 11.1. The largest absolute Gasteiger partial charge is 1.00 e. The van der Waals surface area contributed by atoms with E-state index in [2.05, 4.69) is 27.5 Å². The van der Waals surface area contributed by atoms with Crippen molar-refractivity contribution in [3.05, 3.63) is 64.7 Å². The predicted octanol–water partition coefficient (Wildman–Crippen LogP) is 2.52. The van der Waals surface area contributed by atoms with E-state index in [1.54, 1.807) is 24.3 Å². The van der Waals surface area contributed by atoms with Crippen LogP contribution in [-0.2, 0) is 5.04 Å². The molecule has 0 fully saturated rings. The van der Waals surface area contributed by atoms with E-state index in [0.717, 1.165) is 44.9 Å². The van der Waals surface area contributed by atoms with Gasteiger partial charge in [-0.2, -0.15) is 0 Å². The van der Waals surface area contributed by atoms with Crippen LogP contribution < -0.4 is 50.3 Å². The summed E-state index contributed by atoms with van der Waals surface area (Å²) in [5.41, 5.74) is 1.62. The smallest absolute Gasteiger partial charge is 0.682 e. The fourth-order valence-corrected chi connectivity index (χ4v) is 4.43. The normalized spacial score (nSPS) is 10.5. The van der Waals surface area contributed by atoms with Crippen LogP contribution in [0.3, 0.4) is 0 Å². The van der Waals surface area contributed by atoms with E-state index in [0.29, 0.717) is 42.6 Å². The van der Waals surface area contributed by atoms with E-state index in [4.69, 9.17) is 0 Å². The minimum atomic E-state index is -0.330. The van der Waals surface area contributed by atoms with Crippen molar-refractivity contribution >= 4 is 23.4 Å². The summed E-state index contributed by atoms with van der Waals surface area (Å²) in [6.45, 7) is 4.74. The molecule has 2 N–H and O–H groups in total. The zero-order valence-electron chi connectivity index (χ0n) is 25.3. The Morgan fingerprint density at radius 3 is 1.74 bits per heavy atom. The average Bonchev–Trinajstić information content (AvgIpc) is 2.97. The van der Waals surface area contributed by atoms with Gasteiger partial charge in [0.2, 0.25) is 0 Å². The topological polar surface area (TPSA) is 134 Å². The third-order valence-electron chi connectivity index (χ3n) is 6.86.